The third-order valence-electron chi connectivity index (χ3n) is 4.81. The first-order valence-electron chi connectivity index (χ1n) is 6.86. The lowest BCUT2D eigenvalue weighted by atomic mass is 9.93. The van der Waals surface area contributed by atoms with Crippen molar-refractivity contribution in [1.82, 2.24) is 0 Å². The predicted octanol–water partition coefficient (Wildman–Crippen LogP) is 4.74. The second kappa shape index (κ2) is 6.35. The Labute approximate surface area is 109 Å². The van der Waals surface area contributed by atoms with Crippen LogP contribution in [0.4, 0.5) is 0 Å². The van der Waals surface area contributed by atoms with Gasteiger partial charge in [-0.05, 0) is 24.3 Å². The lowest BCUT2D eigenvalue weighted by Crippen LogP contribution is -2.53. The van der Waals surface area contributed by atoms with Gasteiger partial charge in [-0.2, -0.15) is 0 Å². The van der Waals surface area contributed by atoms with Crippen LogP contribution in [0.5, 0.6) is 0 Å². The highest BCUT2D eigenvalue weighted by atomic mass is 28.4. The number of hydrogen-bond donors (Lipinski definition) is 0. The molecule has 0 unspecified atom stereocenters. The Morgan fingerprint density at radius 1 is 0.824 bits per heavy atom. The van der Waals surface area contributed by atoms with Crippen LogP contribution in [0.25, 0.3) is 0 Å². The Bertz CT molecular complexity index is 218. The first-order valence-corrected chi connectivity index (χ1v) is 8.89. The van der Waals surface area contributed by atoms with Gasteiger partial charge in [-0.1, -0.05) is 48.0 Å². The molecule has 17 heavy (non-hydrogen) atoms. The van der Waals surface area contributed by atoms with Crippen LogP contribution >= 0.6 is 0 Å². The summed E-state index contributed by atoms with van der Waals surface area (Å²) < 4.78 is 12.0. The summed E-state index contributed by atoms with van der Waals surface area (Å²) in [5.41, 5.74) is 0.295. The van der Waals surface area contributed by atoms with Crippen molar-refractivity contribution in [2.75, 3.05) is 14.2 Å². The Kier molecular flexibility index (Phi) is 6.40. The van der Waals surface area contributed by atoms with Gasteiger partial charge in [0, 0.05) is 19.3 Å². The van der Waals surface area contributed by atoms with E-state index in [0.717, 1.165) is 25.3 Å². The standard InChI is InChI=1S/C14H32O2Si/c1-9-13(4,5)12-17(15-7,16-8)14(6,10-2)11-3/h9-12H2,1-8H3. The van der Waals surface area contributed by atoms with E-state index >= 15 is 0 Å². The van der Waals surface area contributed by atoms with Crippen LogP contribution in [-0.4, -0.2) is 22.8 Å². The molecule has 0 aliphatic rings. The minimum absolute atomic E-state index is 0.197. The fraction of sp³-hybridized carbons (Fsp3) is 1.00. The third-order valence-corrected chi connectivity index (χ3v) is 10.1. The molecule has 0 fully saturated rings. The van der Waals surface area contributed by atoms with Crippen molar-refractivity contribution < 1.29 is 8.85 Å². The number of rotatable bonds is 8. The fourth-order valence-corrected chi connectivity index (χ4v) is 6.93. The molecule has 0 atom stereocenters. The zero-order valence-corrected chi connectivity index (χ0v) is 14.1. The van der Waals surface area contributed by atoms with Gasteiger partial charge < -0.3 is 8.85 Å². The topological polar surface area (TPSA) is 18.5 Å². The molecule has 0 bridgehead atoms. The number of hydrogen-bond acceptors (Lipinski definition) is 2. The average Bonchev–Trinajstić information content (AvgIpc) is 2.35. The molecular weight excluding hydrogens is 228 g/mol. The Morgan fingerprint density at radius 2 is 1.24 bits per heavy atom. The highest BCUT2D eigenvalue weighted by Gasteiger charge is 2.53. The van der Waals surface area contributed by atoms with Crippen LogP contribution in [-0.2, 0) is 8.85 Å². The van der Waals surface area contributed by atoms with E-state index in [0.29, 0.717) is 5.41 Å². The first-order chi connectivity index (χ1) is 7.76. The van der Waals surface area contributed by atoms with Crippen LogP contribution in [0.1, 0.15) is 60.8 Å². The largest absolute Gasteiger partial charge is 0.397 e. The van der Waals surface area contributed by atoms with E-state index in [-0.39, 0.29) is 5.04 Å². The lowest BCUT2D eigenvalue weighted by Gasteiger charge is -2.46. The zero-order valence-electron chi connectivity index (χ0n) is 13.1. The summed E-state index contributed by atoms with van der Waals surface area (Å²) >= 11 is 0. The van der Waals surface area contributed by atoms with Crippen LogP contribution in [0.3, 0.4) is 0 Å². The second-order valence-electron chi connectivity index (χ2n) is 6.12. The molecule has 3 heteroatoms. The molecular formula is C14H32O2Si. The van der Waals surface area contributed by atoms with E-state index in [1.54, 1.807) is 0 Å². The van der Waals surface area contributed by atoms with Gasteiger partial charge in [0.15, 0.2) is 0 Å². The maximum atomic E-state index is 5.99. The Morgan fingerprint density at radius 3 is 1.47 bits per heavy atom. The molecule has 0 amide bonds. The zero-order chi connectivity index (χ0) is 13.7. The maximum absolute atomic E-state index is 5.99. The van der Waals surface area contributed by atoms with Gasteiger partial charge >= 0.3 is 8.56 Å². The molecule has 104 valence electrons. The monoisotopic (exact) mass is 260 g/mol. The van der Waals surface area contributed by atoms with Crippen molar-refractivity contribution in [3.8, 4) is 0 Å². The van der Waals surface area contributed by atoms with Gasteiger partial charge in [-0.3, -0.25) is 0 Å². The second-order valence-corrected chi connectivity index (χ2v) is 10.0. The molecule has 0 heterocycles. The minimum Gasteiger partial charge on any atom is -0.397 e. The molecule has 0 spiro atoms. The van der Waals surface area contributed by atoms with Gasteiger partial charge in [0.25, 0.3) is 0 Å². The first kappa shape index (κ1) is 17.1. The van der Waals surface area contributed by atoms with Gasteiger partial charge in [0.1, 0.15) is 0 Å². The molecule has 0 aliphatic heterocycles. The highest BCUT2D eigenvalue weighted by Crippen LogP contribution is 2.50. The summed E-state index contributed by atoms with van der Waals surface area (Å²) in [6, 6.07) is 1.07. The molecule has 0 rings (SSSR count). The summed E-state index contributed by atoms with van der Waals surface area (Å²) in [5, 5.41) is 0.197. The average molecular weight is 260 g/mol. The van der Waals surface area contributed by atoms with Crippen molar-refractivity contribution >= 4 is 8.56 Å². The van der Waals surface area contributed by atoms with Crippen LogP contribution in [0.2, 0.25) is 11.1 Å². The SMILES string of the molecule is CCC(C)(C)C[Si](OC)(OC)C(C)(CC)CC. The van der Waals surface area contributed by atoms with Gasteiger partial charge in [-0.15, -0.1) is 0 Å². The molecule has 0 saturated heterocycles. The van der Waals surface area contributed by atoms with Crippen molar-refractivity contribution in [3.63, 3.8) is 0 Å². The van der Waals surface area contributed by atoms with Crippen LogP contribution in [0, 0.1) is 5.41 Å². The normalized spacial score (nSPS) is 14.1. The molecule has 0 radical (unpaired) electrons. The van der Waals surface area contributed by atoms with E-state index in [1.807, 2.05) is 14.2 Å². The lowest BCUT2D eigenvalue weighted by molar-refractivity contribution is 0.180. The van der Waals surface area contributed by atoms with E-state index in [4.69, 9.17) is 8.85 Å². The van der Waals surface area contributed by atoms with E-state index in [9.17, 15) is 0 Å². The minimum atomic E-state index is -2.15. The van der Waals surface area contributed by atoms with Crippen LogP contribution in [0.15, 0.2) is 0 Å². The summed E-state index contributed by atoms with van der Waals surface area (Å²) in [7, 11) is 1.52. The summed E-state index contributed by atoms with van der Waals surface area (Å²) in [5.74, 6) is 0. The smallest absolute Gasteiger partial charge is 0.344 e. The molecule has 0 aliphatic carbocycles. The predicted molar refractivity (Wildman–Crippen MR) is 77.6 cm³/mol. The maximum Gasteiger partial charge on any atom is 0.344 e. The molecule has 0 aromatic carbocycles. The third kappa shape index (κ3) is 3.55. The quantitative estimate of drug-likeness (QED) is 0.587. The van der Waals surface area contributed by atoms with E-state index in [2.05, 4.69) is 41.5 Å². The summed E-state index contributed by atoms with van der Waals surface area (Å²) in [4.78, 5) is 0. The van der Waals surface area contributed by atoms with E-state index in [1.165, 1.54) is 0 Å². The molecule has 2 nitrogen and oxygen atoms in total. The molecule has 0 N–H and O–H groups in total. The van der Waals surface area contributed by atoms with Crippen LogP contribution < -0.4 is 0 Å². The summed E-state index contributed by atoms with van der Waals surface area (Å²) in [6.07, 6.45) is 3.41. The van der Waals surface area contributed by atoms with Crippen molar-refractivity contribution in [2.24, 2.45) is 5.41 Å². The Balaban J connectivity index is 5.29. The van der Waals surface area contributed by atoms with E-state index < -0.39 is 8.56 Å². The highest BCUT2D eigenvalue weighted by molar-refractivity contribution is 6.70. The van der Waals surface area contributed by atoms with Crippen molar-refractivity contribution in [1.29, 1.82) is 0 Å². The van der Waals surface area contributed by atoms with Gasteiger partial charge in [-0.25, -0.2) is 0 Å². The van der Waals surface area contributed by atoms with Gasteiger partial charge in [0.05, 0.1) is 0 Å². The molecule has 0 aromatic rings. The van der Waals surface area contributed by atoms with Crippen molar-refractivity contribution in [3.05, 3.63) is 0 Å². The summed E-state index contributed by atoms with van der Waals surface area (Å²) in [6.45, 7) is 13.7. The Hall–Kier alpha value is 0.137. The molecule has 0 aromatic heterocycles. The fourth-order valence-electron chi connectivity index (χ4n) is 2.48. The van der Waals surface area contributed by atoms with Crippen molar-refractivity contribution in [2.45, 2.75) is 71.9 Å². The van der Waals surface area contributed by atoms with Gasteiger partial charge in [0.2, 0.25) is 0 Å². The molecule has 0 saturated carbocycles.